The van der Waals surface area contributed by atoms with Crippen molar-refractivity contribution in [2.75, 3.05) is 19.7 Å². The minimum atomic E-state index is -0.666. The predicted molar refractivity (Wildman–Crippen MR) is 105 cm³/mol. The molecule has 0 spiro atoms. The molecule has 0 saturated heterocycles. The highest BCUT2D eigenvalue weighted by molar-refractivity contribution is 14.1. The van der Waals surface area contributed by atoms with Crippen LogP contribution in [0.3, 0.4) is 0 Å². The molecule has 5 nitrogen and oxygen atoms in total. The van der Waals surface area contributed by atoms with E-state index in [1.807, 2.05) is 24.3 Å². The molecular weight excluding hydrogens is 496 g/mol. The maximum absolute atomic E-state index is 9.77. The molecule has 4 N–H and O–H groups in total. The third-order valence-electron chi connectivity index (χ3n) is 2.56. The summed E-state index contributed by atoms with van der Waals surface area (Å²) in [5.74, 6) is 1.11. The molecule has 0 fully saturated rings. The fraction of sp³-hybridized carbons (Fsp3) is 0.500. The number of guanidine groups is 1. The summed E-state index contributed by atoms with van der Waals surface area (Å²) < 4.78 is 6.61. The average Bonchev–Trinajstić information content (AvgIpc) is 2.45. The van der Waals surface area contributed by atoms with E-state index in [9.17, 15) is 5.11 Å². The number of hydrogen-bond donors (Lipinski definition) is 3. The molecule has 0 saturated carbocycles. The van der Waals surface area contributed by atoms with Gasteiger partial charge in [0.25, 0.3) is 0 Å². The van der Waals surface area contributed by atoms with Crippen LogP contribution in [0.5, 0.6) is 5.75 Å². The zero-order chi connectivity index (χ0) is 14.8. The van der Waals surface area contributed by atoms with Gasteiger partial charge in [-0.25, -0.2) is 0 Å². The molecular formula is C14H23I2N3O2. The topological polar surface area (TPSA) is 79.9 Å². The molecule has 0 aromatic heterocycles. The minimum absolute atomic E-state index is 0. The third kappa shape index (κ3) is 10.1. The van der Waals surface area contributed by atoms with Gasteiger partial charge in [0.15, 0.2) is 5.96 Å². The van der Waals surface area contributed by atoms with E-state index >= 15 is 0 Å². The molecule has 0 bridgehead atoms. The number of aliphatic hydroxyl groups is 1. The molecule has 1 atom stereocenters. The molecule has 1 aromatic carbocycles. The van der Waals surface area contributed by atoms with E-state index in [4.69, 9.17) is 10.5 Å². The Bertz CT molecular complexity index is 413. The number of rotatable bonds is 8. The Morgan fingerprint density at radius 1 is 1.43 bits per heavy atom. The Hall–Kier alpha value is -0.290. The SMILES string of the molecule is CCCCNC(N)=NCC(O)COc1ccc(I)cc1.I. The number of nitrogens with zero attached hydrogens (tertiary/aromatic N) is 1. The lowest BCUT2D eigenvalue weighted by Gasteiger charge is -2.11. The molecule has 0 radical (unpaired) electrons. The van der Waals surface area contributed by atoms with Gasteiger partial charge in [0.2, 0.25) is 0 Å². The van der Waals surface area contributed by atoms with Crippen molar-refractivity contribution < 1.29 is 9.84 Å². The first-order valence-electron chi connectivity index (χ1n) is 6.72. The first-order valence-corrected chi connectivity index (χ1v) is 7.80. The van der Waals surface area contributed by atoms with Crippen molar-refractivity contribution in [1.82, 2.24) is 5.32 Å². The summed E-state index contributed by atoms with van der Waals surface area (Å²) in [6, 6.07) is 7.66. The fourth-order valence-corrected chi connectivity index (χ4v) is 1.79. The van der Waals surface area contributed by atoms with Gasteiger partial charge in [-0.2, -0.15) is 0 Å². The van der Waals surface area contributed by atoms with E-state index in [1.165, 1.54) is 0 Å². The van der Waals surface area contributed by atoms with Crippen LogP contribution < -0.4 is 15.8 Å². The number of aliphatic imine (C=N–C) groups is 1. The van der Waals surface area contributed by atoms with Gasteiger partial charge in [0.05, 0.1) is 6.54 Å². The second-order valence-electron chi connectivity index (χ2n) is 4.43. The highest BCUT2D eigenvalue weighted by Gasteiger charge is 2.05. The number of hydrogen-bond acceptors (Lipinski definition) is 3. The second-order valence-corrected chi connectivity index (χ2v) is 5.67. The van der Waals surface area contributed by atoms with E-state index in [-0.39, 0.29) is 37.1 Å². The summed E-state index contributed by atoms with van der Waals surface area (Å²) >= 11 is 2.23. The van der Waals surface area contributed by atoms with Crippen molar-refractivity contribution >= 4 is 52.5 Å². The van der Waals surface area contributed by atoms with Crippen LogP contribution in [-0.2, 0) is 0 Å². The second kappa shape index (κ2) is 12.3. The number of halogens is 2. The van der Waals surface area contributed by atoms with E-state index in [0.717, 1.165) is 28.7 Å². The van der Waals surface area contributed by atoms with E-state index < -0.39 is 6.10 Å². The Morgan fingerprint density at radius 2 is 2.10 bits per heavy atom. The highest BCUT2D eigenvalue weighted by atomic mass is 127. The van der Waals surface area contributed by atoms with Crippen LogP contribution in [0.2, 0.25) is 0 Å². The van der Waals surface area contributed by atoms with Gasteiger partial charge in [0.1, 0.15) is 18.5 Å². The van der Waals surface area contributed by atoms with Gasteiger partial charge in [0, 0.05) is 10.1 Å². The first kappa shape index (κ1) is 20.7. The Labute approximate surface area is 156 Å². The molecule has 21 heavy (non-hydrogen) atoms. The maximum Gasteiger partial charge on any atom is 0.188 e. The Morgan fingerprint density at radius 3 is 2.71 bits per heavy atom. The van der Waals surface area contributed by atoms with E-state index in [0.29, 0.717) is 5.96 Å². The van der Waals surface area contributed by atoms with Gasteiger partial charge >= 0.3 is 0 Å². The number of nitrogens with one attached hydrogen (secondary N) is 1. The van der Waals surface area contributed by atoms with Crippen LogP contribution in [0.4, 0.5) is 0 Å². The van der Waals surface area contributed by atoms with Crippen molar-refractivity contribution in [2.24, 2.45) is 10.7 Å². The number of unbranched alkanes of at least 4 members (excludes halogenated alkanes) is 1. The predicted octanol–water partition coefficient (Wildman–Crippen LogP) is 2.35. The van der Waals surface area contributed by atoms with Crippen molar-refractivity contribution in [2.45, 2.75) is 25.9 Å². The maximum atomic E-state index is 9.77. The summed E-state index contributed by atoms with van der Waals surface area (Å²) in [5, 5.41) is 12.8. The normalized spacial score (nSPS) is 12.4. The summed E-state index contributed by atoms with van der Waals surface area (Å²) in [5.41, 5.74) is 5.67. The van der Waals surface area contributed by atoms with Crippen molar-refractivity contribution in [3.8, 4) is 5.75 Å². The molecule has 1 rings (SSSR count). The van der Waals surface area contributed by atoms with Crippen LogP contribution in [0.25, 0.3) is 0 Å². The summed E-state index contributed by atoms with van der Waals surface area (Å²) in [6.45, 7) is 3.35. The quantitative estimate of drug-likeness (QED) is 0.214. The number of aliphatic hydroxyl groups excluding tert-OH is 1. The monoisotopic (exact) mass is 519 g/mol. The highest BCUT2D eigenvalue weighted by Crippen LogP contribution is 2.13. The summed E-state index contributed by atoms with van der Waals surface area (Å²) in [6.07, 6.45) is 1.49. The van der Waals surface area contributed by atoms with Gasteiger partial charge in [-0.1, -0.05) is 13.3 Å². The molecule has 1 unspecified atom stereocenters. The molecule has 7 heteroatoms. The molecule has 120 valence electrons. The van der Waals surface area contributed by atoms with Crippen molar-refractivity contribution in [3.05, 3.63) is 27.8 Å². The van der Waals surface area contributed by atoms with Crippen LogP contribution in [0, 0.1) is 3.57 Å². The van der Waals surface area contributed by atoms with Gasteiger partial charge in [-0.05, 0) is 53.3 Å². The number of nitrogens with two attached hydrogens (primary N) is 1. The largest absolute Gasteiger partial charge is 0.491 e. The third-order valence-corrected chi connectivity index (χ3v) is 3.28. The minimum Gasteiger partial charge on any atom is -0.491 e. The van der Waals surface area contributed by atoms with E-state index in [1.54, 1.807) is 0 Å². The van der Waals surface area contributed by atoms with Crippen LogP contribution in [0.15, 0.2) is 29.3 Å². The molecule has 0 aliphatic rings. The van der Waals surface area contributed by atoms with E-state index in [2.05, 4.69) is 39.8 Å². The van der Waals surface area contributed by atoms with Crippen molar-refractivity contribution in [1.29, 1.82) is 0 Å². The number of ether oxygens (including phenoxy) is 1. The lowest BCUT2D eigenvalue weighted by atomic mass is 10.3. The Kier molecular flexibility index (Phi) is 12.1. The average molecular weight is 519 g/mol. The molecule has 0 amide bonds. The Balaban J connectivity index is 0.00000400. The smallest absolute Gasteiger partial charge is 0.188 e. The standard InChI is InChI=1S/C14H22IN3O2.HI/c1-2-3-8-17-14(16)18-9-12(19)10-20-13-6-4-11(15)5-7-13;/h4-7,12,19H,2-3,8-10H2,1H3,(H3,16,17,18);1H. The summed E-state index contributed by atoms with van der Waals surface area (Å²) in [7, 11) is 0. The molecule has 0 aliphatic heterocycles. The fourth-order valence-electron chi connectivity index (χ4n) is 1.43. The van der Waals surface area contributed by atoms with Gasteiger partial charge in [-0.15, -0.1) is 24.0 Å². The lowest BCUT2D eigenvalue weighted by Crippen LogP contribution is -2.34. The van der Waals surface area contributed by atoms with Crippen LogP contribution in [-0.4, -0.2) is 36.9 Å². The van der Waals surface area contributed by atoms with Crippen LogP contribution >= 0.6 is 46.6 Å². The first-order chi connectivity index (χ1) is 9.61. The number of benzene rings is 1. The zero-order valence-corrected chi connectivity index (χ0v) is 16.6. The molecule has 0 heterocycles. The van der Waals surface area contributed by atoms with Gasteiger partial charge < -0.3 is 20.9 Å². The van der Waals surface area contributed by atoms with Crippen molar-refractivity contribution in [3.63, 3.8) is 0 Å². The molecule has 0 aliphatic carbocycles. The molecule has 1 aromatic rings. The summed E-state index contributed by atoms with van der Waals surface area (Å²) in [4.78, 5) is 4.07. The zero-order valence-electron chi connectivity index (χ0n) is 12.1. The van der Waals surface area contributed by atoms with Gasteiger partial charge in [-0.3, -0.25) is 4.99 Å². The lowest BCUT2D eigenvalue weighted by molar-refractivity contribution is 0.114. The van der Waals surface area contributed by atoms with Crippen LogP contribution in [0.1, 0.15) is 19.8 Å².